The van der Waals surface area contributed by atoms with E-state index in [0.29, 0.717) is 19.6 Å². The Hall–Kier alpha value is -1.88. The van der Waals surface area contributed by atoms with Gasteiger partial charge >= 0.3 is 0 Å². The van der Waals surface area contributed by atoms with Crippen molar-refractivity contribution < 1.29 is 9.59 Å². The first-order chi connectivity index (χ1) is 10.6. The monoisotopic (exact) mass is 362 g/mol. The summed E-state index contributed by atoms with van der Waals surface area (Å²) < 4.78 is 0.957. The number of carbonyl (C=O) groups excluding carboxylic acids is 2. The normalized spacial score (nSPS) is 17.4. The molecule has 116 valence electrons. The minimum absolute atomic E-state index is 0.0159. The summed E-state index contributed by atoms with van der Waals surface area (Å²) in [4.78, 5) is 28.1. The Bertz CT molecular complexity index is 573. The number of carbonyl (C=O) groups is 2. The van der Waals surface area contributed by atoms with Crippen molar-refractivity contribution in [2.24, 2.45) is 5.92 Å². The lowest BCUT2D eigenvalue weighted by Crippen LogP contribution is -2.37. The summed E-state index contributed by atoms with van der Waals surface area (Å²) in [5.74, 6) is -0.346. The average molecular weight is 363 g/mol. The Morgan fingerprint density at radius 2 is 1.86 bits per heavy atom. The fourth-order valence-electron chi connectivity index (χ4n) is 2.57. The maximum Gasteiger partial charge on any atom is 0.228 e. The van der Waals surface area contributed by atoms with E-state index in [9.17, 15) is 9.59 Å². The van der Waals surface area contributed by atoms with E-state index >= 15 is 0 Å². The number of anilines is 1. The van der Waals surface area contributed by atoms with Gasteiger partial charge in [-0.05, 0) is 24.3 Å². The van der Waals surface area contributed by atoms with E-state index in [4.69, 9.17) is 0 Å². The number of halogens is 1. The molecular formula is C17H19BrN2O2. The van der Waals surface area contributed by atoms with E-state index in [2.05, 4.69) is 29.1 Å². The topological polar surface area (TPSA) is 40.6 Å². The molecule has 0 spiro atoms. The molecule has 0 aromatic heterocycles. The van der Waals surface area contributed by atoms with Gasteiger partial charge in [0.2, 0.25) is 11.8 Å². The second-order valence-corrected chi connectivity index (χ2v) is 6.12. The van der Waals surface area contributed by atoms with E-state index in [1.165, 1.54) is 0 Å². The highest BCUT2D eigenvalue weighted by molar-refractivity contribution is 9.10. The van der Waals surface area contributed by atoms with E-state index < -0.39 is 0 Å². The van der Waals surface area contributed by atoms with Crippen LogP contribution >= 0.6 is 15.9 Å². The molecule has 22 heavy (non-hydrogen) atoms. The third kappa shape index (κ3) is 3.65. The molecule has 1 saturated heterocycles. The summed E-state index contributed by atoms with van der Waals surface area (Å²) in [5.41, 5.74) is 0.822. The van der Waals surface area contributed by atoms with Crippen molar-refractivity contribution in [1.82, 2.24) is 4.90 Å². The van der Waals surface area contributed by atoms with Gasteiger partial charge in [-0.3, -0.25) is 9.59 Å². The van der Waals surface area contributed by atoms with Gasteiger partial charge in [0.1, 0.15) is 0 Å². The second-order valence-electron chi connectivity index (χ2n) is 5.20. The molecule has 0 bridgehead atoms. The largest absolute Gasteiger partial charge is 0.335 e. The summed E-state index contributed by atoms with van der Waals surface area (Å²) in [6, 6.07) is 7.53. The van der Waals surface area contributed by atoms with Gasteiger partial charge in [-0.1, -0.05) is 28.1 Å². The predicted molar refractivity (Wildman–Crippen MR) is 91.6 cm³/mol. The van der Waals surface area contributed by atoms with Crippen LogP contribution in [0.25, 0.3) is 0 Å². The summed E-state index contributed by atoms with van der Waals surface area (Å²) in [5, 5.41) is 0. The van der Waals surface area contributed by atoms with Crippen molar-refractivity contribution in [3.05, 3.63) is 54.0 Å². The van der Waals surface area contributed by atoms with Gasteiger partial charge in [-0.2, -0.15) is 0 Å². The SMILES string of the molecule is C=CCN(CC=C)C(=O)[C@@H]1CC(=O)N(c2ccc(Br)cc2)C1. The van der Waals surface area contributed by atoms with Crippen LogP contribution in [0.4, 0.5) is 5.69 Å². The number of rotatable bonds is 6. The molecule has 1 aliphatic heterocycles. The lowest BCUT2D eigenvalue weighted by atomic mass is 10.1. The molecule has 0 radical (unpaired) electrons. The Morgan fingerprint density at radius 1 is 1.27 bits per heavy atom. The second kappa shape index (κ2) is 7.40. The van der Waals surface area contributed by atoms with Gasteiger partial charge in [0, 0.05) is 36.2 Å². The van der Waals surface area contributed by atoms with Gasteiger partial charge in [-0.15, -0.1) is 13.2 Å². The summed E-state index contributed by atoms with van der Waals surface area (Å²) in [6.45, 7) is 8.69. The minimum Gasteiger partial charge on any atom is -0.335 e. The minimum atomic E-state index is -0.309. The zero-order valence-corrected chi connectivity index (χ0v) is 14.0. The maximum absolute atomic E-state index is 12.5. The number of benzene rings is 1. The highest BCUT2D eigenvalue weighted by atomic mass is 79.9. The number of nitrogens with zero attached hydrogens (tertiary/aromatic N) is 2. The zero-order valence-electron chi connectivity index (χ0n) is 12.4. The smallest absolute Gasteiger partial charge is 0.228 e. The fraction of sp³-hybridized carbons (Fsp3) is 0.294. The highest BCUT2D eigenvalue weighted by Crippen LogP contribution is 2.27. The van der Waals surface area contributed by atoms with Gasteiger partial charge < -0.3 is 9.80 Å². The van der Waals surface area contributed by atoms with E-state index in [-0.39, 0.29) is 24.2 Å². The lowest BCUT2D eigenvalue weighted by Gasteiger charge is -2.23. The predicted octanol–water partition coefficient (Wildman–Crippen LogP) is 3.00. The molecule has 2 amide bonds. The molecule has 0 saturated carbocycles. The summed E-state index contributed by atoms with van der Waals surface area (Å²) in [6.07, 6.45) is 3.62. The average Bonchev–Trinajstić information content (AvgIpc) is 2.89. The van der Waals surface area contributed by atoms with Crippen LogP contribution in [0.2, 0.25) is 0 Å². The van der Waals surface area contributed by atoms with Crippen LogP contribution in [0.1, 0.15) is 6.42 Å². The summed E-state index contributed by atoms with van der Waals surface area (Å²) in [7, 11) is 0. The Morgan fingerprint density at radius 3 is 2.41 bits per heavy atom. The van der Waals surface area contributed by atoms with Crippen LogP contribution in [0, 0.1) is 5.92 Å². The van der Waals surface area contributed by atoms with Crippen LogP contribution in [-0.2, 0) is 9.59 Å². The van der Waals surface area contributed by atoms with Crippen molar-refractivity contribution in [2.45, 2.75) is 6.42 Å². The Balaban J connectivity index is 2.10. The highest BCUT2D eigenvalue weighted by Gasteiger charge is 2.36. The molecule has 1 aromatic rings. The number of amides is 2. The molecule has 1 aromatic carbocycles. The Labute approximate surface area is 139 Å². The molecule has 1 heterocycles. The van der Waals surface area contributed by atoms with Crippen LogP contribution < -0.4 is 4.90 Å². The van der Waals surface area contributed by atoms with Crippen LogP contribution in [0.15, 0.2) is 54.0 Å². The van der Waals surface area contributed by atoms with E-state index in [1.54, 1.807) is 22.0 Å². The van der Waals surface area contributed by atoms with Crippen molar-refractivity contribution in [3.63, 3.8) is 0 Å². The van der Waals surface area contributed by atoms with Gasteiger partial charge in [-0.25, -0.2) is 0 Å². The quantitative estimate of drug-likeness (QED) is 0.729. The van der Waals surface area contributed by atoms with Crippen molar-refractivity contribution >= 4 is 33.4 Å². The standard InChI is InChI=1S/C17H19BrN2O2/c1-3-9-19(10-4-2)17(22)13-11-16(21)20(12-13)15-7-5-14(18)6-8-15/h3-8,13H,1-2,9-12H2/t13-/m1/s1. The first kappa shape index (κ1) is 16.5. The lowest BCUT2D eigenvalue weighted by molar-refractivity contribution is -0.134. The maximum atomic E-state index is 12.5. The third-order valence-corrected chi connectivity index (χ3v) is 4.15. The Kier molecular flexibility index (Phi) is 5.55. The first-order valence-electron chi connectivity index (χ1n) is 7.13. The fourth-order valence-corrected chi connectivity index (χ4v) is 2.83. The van der Waals surface area contributed by atoms with Gasteiger partial charge in [0.05, 0.1) is 5.92 Å². The van der Waals surface area contributed by atoms with Gasteiger partial charge in [0.25, 0.3) is 0 Å². The molecule has 1 fully saturated rings. The number of hydrogen-bond acceptors (Lipinski definition) is 2. The molecule has 1 aliphatic rings. The molecule has 5 heteroatoms. The van der Waals surface area contributed by atoms with E-state index in [0.717, 1.165) is 10.2 Å². The molecular weight excluding hydrogens is 344 g/mol. The van der Waals surface area contributed by atoms with E-state index in [1.807, 2.05) is 24.3 Å². The molecule has 2 rings (SSSR count). The molecule has 0 aliphatic carbocycles. The van der Waals surface area contributed by atoms with Crippen molar-refractivity contribution in [3.8, 4) is 0 Å². The summed E-state index contributed by atoms with van der Waals surface area (Å²) >= 11 is 3.37. The molecule has 0 N–H and O–H groups in total. The van der Waals surface area contributed by atoms with Crippen LogP contribution in [0.5, 0.6) is 0 Å². The van der Waals surface area contributed by atoms with Crippen molar-refractivity contribution in [1.29, 1.82) is 0 Å². The molecule has 1 atom stereocenters. The van der Waals surface area contributed by atoms with Crippen LogP contribution in [-0.4, -0.2) is 36.3 Å². The van der Waals surface area contributed by atoms with Gasteiger partial charge in [0.15, 0.2) is 0 Å². The molecule has 4 nitrogen and oxygen atoms in total. The first-order valence-corrected chi connectivity index (χ1v) is 7.92. The van der Waals surface area contributed by atoms with Crippen LogP contribution in [0.3, 0.4) is 0 Å². The van der Waals surface area contributed by atoms with Crippen molar-refractivity contribution in [2.75, 3.05) is 24.5 Å². The third-order valence-electron chi connectivity index (χ3n) is 3.62. The molecule has 0 unspecified atom stereocenters. The zero-order chi connectivity index (χ0) is 16.1. The number of hydrogen-bond donors (Lipinski definition) is 0.